The molecule has 2 rings (SSSR count). The summed E-state index contributed by atoms with van der Waals surface area (Å²) < 4.78 is 18.9. The Hall–Kier alpha value is -0.650. The average Bonchev–Trinajstić information content (AvgIpc) is 2.15. The number of hydrogen-bond donors (Lipinski definition) is 2. The van der Waals surface area contributed by atoms with Crippen molar-refractivity contribution in [1.29, 1.82) is 0 Å². The van der Waals surface area contributed by atoms with E-state index < -0.39 is 0 Å². The van der Waals surface area contributed by atoms with E-state index >= 15 is 0 Å². The molecule has 1 aromatic rings. The Morgan fingerprint density at radius 3 is 2.69 bits per heavy atom. The van der Waals surface area contributed by atoms with Crippen LogP contribution in [-0.2, 0) is 4.74 Å². The van der Waals surface area contributed by atoms with Crippen LogP contribution >= 0.6 is 15.9 Å². The monoisotopic (exact) mass is 289 g/mol. The van der Waals surface area contributed by atoms with Gasteiger partial charge in [0.05, 0.1) is 25.2 Å². The first kappa shape index (κ1) is 11.8. The second-order valence-corrected chi connectivity index (χ2v) is 5.08. The fourth-order valence-electron chi connectivity index (χ4n) is 1.59. The van der Waals surface area contributed by atoms with Crippen molar-refractivity contribution in [2.45, 2.75) is 0 Å². The number of aliphatic hydroxyl groups is 1. The number of anilines is 1. The maximum Gasteiger partial charge on any atom is 0.126 e. The third-order valence-electron chi connectivity index (χ3n) is 2.68. The van der Waals surface area contributed by atoms with Gasteiger partial charge in [-0.3, -0.25) is 0 Å². The van der Waals surface area contributed by atoms with Gasteiger partial charge < -0.3 is 15.2 Å². The maximum absolute atomic E-state index is 13.1. The van der Waals surface area contributed by atoms with Crippen molar-refractivity contribution in [1.82, 2.24) is 0 Å². The quantitative estimate of drug-likeness (QED) is 0.891. The van der Waals surface area contributed by atoms with Crippen molar-refractivity contribution in [3.63, 3.8) is 0 Å². The van der Waals surface area contributed by atoms with Crippen LogP contribution < -0.4 is 5.32 Å². The van der Waals surface area contributed by atoms with Crippen LogP contribution in [0.25, 0.3) is 0 Å². The van der Waals surface area contributed by atoms with Gasteiger partial charge in [0.1, 0.15) is 5.82 Å². The zero-order valence-corrected chi connectivity index (χ0v) is 10.3. The molecular formula is C11H13BrFNO2. The van der Waals surface area contributed by atoms with Crippen molar-refractivity contribution in [3.8, 4) is 0 Å². The Morgan fingerprint density at radius 1 is 1.44 bits per heavy atom. The number of nitrogens with one attached hydrogen (secondary N) is 1. The normalized spacial score (nSPS) is 17.9. The number of hydrogen-bond acceptors (Lipinski definition) is 3. The highest BCUT2D eigenvalue weighted by molar-refractivity contribution is 9.10. The molecule has 0 saturated carbocycles. The molecule has 0 radical (unpaired) electrons. The summed E-state index contributed by atoms with van der Waals surface area (Å²) in [5, 5.41) is 12.3. The summed E-state index contributed by atoms with van der Waals surface area (Å²) in [6.07, 6.45) is 0. The molecule has 0 aromatic heterocycles. The standard InChI is InChI=1S/C11H13BrFNO2/c12-8-1-9(13)3-10(2-8)14-4-11(5-15)6-16-7-11/h1-3,14-15H,4-7H2. The second-order valence-electron chi connectivity index (χ2n) is 4.16. The van der Waals surface area contributed by atoms with Gasteiger partial charge in [0, 0.05) is 16.7 Å². The van der Waals surface area contributed by atoms with Gasteiger partial charge in [-0.2, -0.15) is 0 Å². The molecule has 2 N–H and O–H groups in total. The first-order valence-corrected chi connectivity index (χ1v) is 5.81. The van der Waals surface area contributed by atoms with Gasteiger partial charge in [0.15, 0.2) is 0 Å². The van der Waals surface area contributed by atoms with Crippen molar-refractivity contribution in [2.75, 3.05) is 31.7 Å². The van der Waals surface area contributed by atoms with E-state index in [0.29, 0.717) is 29.9 Å². The van der Waals surface area contributed by atoms with Crippen LogP contribution in [0.5, 0.6) is 0 Å². The van der Waals surface area contributed by atoms with Gasteiger partial charge in [0.25, 0.3) is 0 Å². The second kappa shape index (κ2) is 4.69. The molecule has 1 saturated heterocycles. The van der Waals surface area contributed by atoms with Gasteiger partial charge in [-0.15, -0.1) is 0 Å². The van der Waals surface area contributed by atoms with Crippen molar-refractivity contribution < 1.29 is 14.2 Å². The molecule has 1 fully saturated rings. The number of ether oxygens (including phenoxy) is 1. The van der Waals surface area contributed by atoms with Crippen molar-refractivity contribution >= 4 is 21.6 Å². The Balaban J connectivity index is 1.98. The lowest BCUT2D eigenvalue weighted by Gasteiger charge is -2.40. The van der Waals surface area contributed by atoms with Gasteiger partial charge in [0.2, 0.25) is 0 Å². The summed E-state index contributed by atoms with van der Waals surface area (Å²) in [6, 6.07) is 4.63. The molecule has 1 aromatic carbocycles. The Bertz CT molecular complexity index is 356. The van der Waals surface area contributed by atoms with Gasteiger partial charge >= 0.3 is 0 Å². The molecule has 1 aliphatic rings. The summed E-state index contributed by atoms with van der Waals surface area (Å²) in [7, 11) is 0. The first-order chi connectivity index (χ1) is 7.63. The molecule has 5 heteroatoms. The highest BCUT2D eigenvalue weighted by Gasteiger charge is 2.37. The average molecular weight is 290 g/mol. The topological polar surface area (TPSA) is 41.5 Å². The SMILES string of the molecule is OCC1(CNc2cc(F)cc(Br)c2)COC1. The fourth-order valence-corrected chi connectivity index (χ4v) is 2.05. The lowest BCUT2D eigenvalue weighted by molar-refractivity contribution is -0.128. The van der Waals surface area contributed by atoms with Crippen molar-refractivity contribution in [3.05, 3.63) is 28.5 Å². The van der Waals surface area contributed by atoms with Gasteiger partial charge in [-0.1, -0.05) is 15.9 Å². The highest BCUT2D eigenvalue weighted by atomic mass is 79.9. The minimum absolute atomic E-state index is 0.0798. The predicted octanol–water partition coefficient (Wildman–Crippen LogP) is 2.01. The highest BCUT2D eigenvalue weighted by Crippen LogP contribution is 2.28. The zero-order chi connectivity index (χ0) is 11.6. The Labute approximate surface area is 102 Å². The lowest BCUT2D eigenvalue weighted by Crippen LogP contribution is -2.50. The maximum atomic E-state index is 13.1. The Kier molecular flexibility index (Phi) is 3.47. The van der Waals surface area contributed by atoms with Crippen LogP contribution in [-0.4, -0.2) is 31.5 Å². The molecule has 0 atom stereocenters. The summed E-state index contributed by atoms with van der Waals surface area (Å²) in [5.74, 6) is -0.292. The van der Waals surface area contributed by atoms with E-state index in [0.717, 1.165) is 0 Å². The summed E-state index contributed by atoms with van der Waals surface area (Å²) in [6.45, 7) is 1.76. The molecule has 0 amide bonds. The molecule has 16 heavy (non-hydrogen) atoms. The smallest absolute Gasteiger partial charge is 0.126 e. The molecule has 88 valence electrons. The Morgan fingerprint density at radius 2 is 2.19 bits per heavy atom. The van der Waals surface area contributed by atoms with Crippen LogP contribution in [0.2, 0.25) is 0 Å². The van der Waals surface area contributed by atoms with Crippen molar-refractivity contribution in [2.24, 2.45) is 5.41 Å². The fraction of sp³-hybridized carbons (Fsp3) is 0.455. The van der Waals surface area contributed by atoms with E-state index in [1.807, 2.05) is 0 Å². The van der Waals surface area contributed by atoms with E-state index in [1.54, 1.807) is 6.07 Å². The minimum atomic E-state index is -0.292. The summed E-state index contributed by atoms with van der Waals surface area (Å²) in [4.78, 5) is 0. The van der Waals surface area contributed by atoms with Crippen LogP contribution in [0, 0.1) is 11.2 Å². The lowest BCUT2D eigenvalue weighted by atomic mass is 9.87. The predicted molar refractivity (Wildman–Crippen MR) is 62.9 cm³/mol. The van der Waals surface area contributed by atoms with Crippen LogP contribution in [0.3, 0.4) is 0 Å². The molecule has 1 aliphatic heterocycles. The molecule has 0 unspecified atom stereocenters. The van der Waals surface area contributed by atoms with Gasteiger partial charge in [-0.25, -0.2) is 4.39 Å². The molecule has 0 bridgehead atoms. The summed E-state index contributed by atoms with van der Waals surface area (Å²) >= 11 is 3.23. The molecule has 1 heterocycles. The summed E-state index contributed by atoms with van der Waals surface area (Å²) in [5.41, 5.74) is 0.491. The van der Waals surface area contributed by atoms with Gasteiger partial charge in [-0.05, 0) is 18.2 Å². The third-order valence-corrected chi connectivity index (χ3v) is 3.14. The first-order valence-electron chi connectivity index (χ1n) is 5.02. The number of aliphatic hydroxyl groups excluding tert-OH is 1. The zero-order valence-electron chi connectivity index (χ0n) is 8.67. The number of halogens is 2. The number of benzene rings is 1. The molecular weight excluding hydrogens is 277 g/mol. The van der Waals surface area contributed by atoms with Crippen LogP contribution in [0.1, 0.15) is 0 Å². The molecule has 3 nitrogen and oxygen atoms in total. The number of rotatable bonds is 4. The van der Waals surface area contributed by atoms with E-state index in [-0.39, 0.29) is 17.8 Å². The van der Waals surface area contributed by atoms with E-state index in [1.165, 1.54) is 12.1 Å². The van der Waals surface area contributed by atoms with Crippen LogP contribution in [0.4, 0.5) is 10.1 Å². The van der Waals surface area contributed by atoms with E-state index in [9.17, 15) is 9.50 Å². The minimum Gasteiger partial charge on any atom is -0.396 e. The molecule has 0 spiro atoms. The van der Waals surface area contributed by atoms with Crippen LogP contribution in [0.15, 0.2) is 22.7 Å². The largest absolute Gasteiger partial charge is 0.396 e. The van der Waals surface area contributed by atoms with E-state index in [4.69, 9.17) is 4.74 Å². The third kappa shape index (κ3) is 2.53. The van der Waals surface area contributed by atoms with E-state index in [2.05, 4.69) is 21.2 Å². The molecule has 0 aliphatic carbocycles.